The molecule has 1 saturated heterocycles. The zero-order chi connectivity index (χ0) is 12.2. The van der Waals surface area contributed by atoms with Crippen LogP contribution in [0.4, 0.5) is 0 Å². The first-order valence-electron chi connectivity index (χ1n) is 6.58. The fourth-order valence-corrected chi connectivity index (χ4v) is 2.89. The summed E-state index contributed by atoms with van der Waals surface area (Å²) in [7, 11) is 4.29. The Morgan fingerprint density at radius 1 is 1.38 bits per heavy atom. The summed E-state index contributed by atoms with van der Waals surface area (Å²) in [5.74, 6) is 0.789. The first-order valence-corrected chi connectivity index (χ1v) is 6.58. The van der Waals surface area contributed by atoms with Crippen LogP contribution in [0, 0.1) is 5.92 Å². The third-order valence-electron chi connectivity index (χ3n) is 4.11. The van der Waals surface area contributed by atoms with E-state index in [0.717, 1.165) is 12.5 Å². The highest BCUT2D eigenvalue weighted by molar-refractivity contribution is 4.95. The summed E-state index contributed by atoms with van der Waals surface area (Å²) in [5.41, 5.74) is 6.04. The van der Waals surface area contributed by atoms with Crippen molar-refractivity contribution >= 4 is 0 Å². The lowest BCUT2D eigenvalue weighted by Gasteiger charge is -2.36. The summed E-state index contributed by atoms with van der Waals surface area (Å²) < 4.78 is 0. The first kappa shape index (κ1) is 13.9. The summed E-state index contributed by atoms with van der Waals surface area (Å²) in [4.78, 5) is 4.91. The van der Waals surface area contributed by atoms with Crippen LogP contribution < -0.4 is 5.73 Å². The van der Waals surface area contributed by atoms with Crippen LogP contribution in [-0.4, -0.2) is 55.6 Å². The Bertz CT molecular complexity index is 201. The Morgan fingerprint density at radius 3 is 2.62 bits per heavy atom. The van der Waals surface area contributed by atoms with Gasteiger partial charge in [0.1, 0.15) is 0 Å². The molecule has 0 aromatic carbocycles. The van der Waals surface area contributed by atoms with E-state index < -0.39 is 0 Å². The summed E-state index contributed by atoms with van der Waals surface area (Å²) >= 11 is 0. The van der Waals surface area contributed by atoms with Gasteiger partial charge in [-0.25, -0.2) is 0 Å². The number of rotatable bonds is 6. The van der Waals surface area contributed by atoms with Crippen molar-refractivity contribution in [1.29, 1.82) is 0 Å². The minimum Gasteiger partial charge on any atom is -0.330 e. The maximum atomic E-state index is 5.69. The molecule has 1 fully saturated rings. The Kier molecular flexibility index (Phi) is 5.22. The van der Waals surface area contributed by atoms with E-state index in [4.69, 9.17) is 5.73 Å². The molecular formula is C13H29N3. The third-order valence-corrected chi connectivity index (χ3v) is 4.11. The maximum absolute atomic E-state index is 5.69. The van der Waals surface area contributed by atoms with Gasteiger partial charge < -0.3 is 10.6 Å². The van der Waals surface area contributed by atoms with Crippen molar-refractivity contribution in [3.05, 3.63) is 0 Å². The highest BCUT2D eigenvalue weighted by Gasteiger charge is 2.39. The molecule has 0 aliphatic carbocycles. The molecule has 0 radical (unpaired) electrons. The molecule has 1 unspecified atom stereocenters. The van der Waals surface area contributed by atoms with Crippen molar-refractivity contribution in [3.8, 4) is 0 Å². The zero-order valence-electron chi connectivity index (χ0n) is 11.5. The molecule has 3 heteroatoms. The van der Waals surface area contributed by atoms with Gasteiger partial charge in [0.2, 0.25) is 0 Å². The molecule has 0 aromatic rings. The fourth-order valence-electron chi connectivity index (χ4n) is 2.89. The molecule has 1 aliphatic heterocycles. The van der Waals surface area contributed by atoms with Crippen molar-refractivity contribution in [2.24, 2.45) is 11.7 Å². The quantitative estimate of drug-likeness (QED) is 0.744. The SMILES string of the molecule is CN(C)CCCN1CCC(CCN)C1(C)C. The molecule has 1 atom stereocenters. The lowest BCUT2D eigenvalue weighted by Crippen LogP contribution is -2.43. The standard InChI is InChI=1S/C13H29N3/c1-13(2)12(6-8-14)7-11-16(13)10-5-9-15(3)4/h12H,5-11,14H2,1-4H3. The van der Waals surface area contributed by atoms with Gasteiger partial charge in [-0.1, -0.05) is 0 Å². The van der Waals surface area contributed by atoms with Crippen LogP contribution in [0.15, 0.2) is 0 Å². The van der Waals surface area contributed by atoms with E-state index in [1.807, 2.05) is 0 Å². The number of likely N-dealkylation sites (tertiary alicyclic amines) is 1. The lowest BCUT2D eigenvalue weighted by molar-refractivity contribution is 0.130. The van der Waals surface area contributed by atoms with E-state index >= 15 is 0 Å². The predicted octanol–water partition coefficient (Wildman–Crippen LogP) is 1.39. The normalized spacial score (nSPS) is 25.5. The van der Waals surface area contributed by atoms with Crippen LogP contribution in [-0.2, 0) is 0 Å². The van der Waals surface area contributed by atoms with E-state index in [1.165, 1.54) is 38.9 Å². The number of hydrogen-bond donors (Lipinski definition) is 1. The van der Waals surface area contributed by atoms with E-state index in [2.05, 4.69) is 37.7 Å². The largest absolute Gasteiger partial charge is 0.330 e. The predicted molar refractivity (Wildman–Crippen MR) is 70.6 cm³/mol. The Labute approximate surface area is 101 Å². The molecule has 1 rings (SSSR count). The third kappa shape index (κ3) is 3.44. The minimum absolute atomic E-state index is 0.353. The molecule has 0 amide bonds. The van der Waals surface area contributed by atoms with Gasteiger partial charge in [-0.3, -0.25) is 4.90 Å². The molecule has 16 heavy (non-hydrogen) atoms. The van der Waals surface area contributed by atoms with E-state index in [0.29, 0.717) is 5.54 Å². The smallest absolute Gasteiger partial charge is 0.0182 e. The summed E-state index contributed by atoms with van der Waals surface area (Å²) in [6.45, 7) is 9.27. The van der Waals surface area contributed by atoms with E-state index in [-0.39, 0.29) is 0 Å². The van der Waals surface area contributed by atoms with Crippen molar-refractivity contribution in [1.82, 2.24) is 9.80 Å². The topological polar surface area (TPSA) is 32.5 Å². The van der Waals surface area contributed by atoms with Crippen LogP contribution >= 0.6 is 0 Å². The van der Waals surface area contributed by atoms with Crippen LogP contribution in [0.3, 0.4) is 0 Å². The molecule has 1 aliphatic rings. The second-order valence-corrected chi connectivity index (χ2v) is 5.86. The molecule has 0 aromatic heterocycles. The van der Waals surface area contributed by atoms with Crippen molar-refractivity contribution in [2.45, 2.75) is 38.6 Å². The highest BCUT2D eigenvalue weighted by Crippen LogP contribution is 2.36. The zero-order valence-corrected chi connectivity index (χ0v) is 11.5. The fraction of sp³-hybridized carbons (Fsp3) is 1.00. The van der Waals surface area contributed by atoms with Gasteiger partial charge in [-0.15, -0.1) is 0 Å². The summed E-state index contributed by atoms with van der Waals surface area (Å²) in [5, 5.41) is 0. The Hall–Kier alpha value is -0.120. The number of hydrogen-bond acceptors (Lipinski definition) is 3. The van der Waals surface area contributed by atoms with Gasteiger partial charge in [0.05, 0.1) is 0 Å². The molecule has 3 nitrogen and oxygen atoms in total. The van der Waals surface area contributed by atoms with Crippen LogP contribution in [0.25, 0.3) is 0 Å². The molecule has 1 heterocycles. The summed E-state index contributed by atoms with van der Waals surface area (Å²) in [6.07, 6.45) is 3.77. The van der Waals surface area contributed by atoms with Gasteiger partial charge in [-0.05, 0) is 79.3 Å². The monoisotopic (exact) mass is 227 g/mol. The molecular weight excluding hydrogens is 198 g/mol. The Balaban J connectivity index is 2.38. The summed E-state index contributed by atoms with van der Waals surface area (Å²) in [6, 6.07) is 0. The van der Waals surface area contributed by atoms with Crippen molar-refractivity contribution in [3.63, 3.8) is 0 Å². The van der Waals surface area contributed by atoms with E-state index in [9.17, 15) is 0 Å². The average Bonchev–Trinajstić information content (AvgIpc) is 2.45. The van der Waals surface area contributed by atoms with Crippen LogP contribution in [0.5, 0.6) is 0 Å². The molecule has 96 valence electrons. The van der Waals surface area contributed by atoms with Gasteiger partial charge >= 0.3 is 0 Å². The average molecular weight is 227 g/mol. The highest BCUT2D eigenvalue weighted by atomic mass is 15.2. The van der Waals surface area contributed by atoms with Crippen molar-refractivity contribution < 1.29 is 0 Å². The number of nitrogens with zero attached hydrogens (tertiary/aromatic N) is 2. The second-order valence-electron chi connectivity index (χ2n) is 5.86. The van der Waals surface area contributed by atoms with Crippen LogP contribution in [0.1, 0.15) is 33.1 Å². The molecule has 0 spiro atoms. The van der Waals surface area contributed by atoms with Gasteiger partial charge in [-0.2, -0.15) is 0 Å². The van der Waals surface area contributed by atoms with Gasteiger partial charge in [0, 0.05) is 5.54 Å². The lowest BCUT2D eigenvalue weighted by atomic mass is 9.86. The minimum atomic E-state index is 0.353. The van der Waals surface area contributed by atoms with Crippen LogP contribution in [0.2, 0.25) is 0 Å². The van der Waals surface area contributed by atoms with E-state index in [1.54, 1.807) is 0 Å². The van der Waals surface area contributed by atoms with Gasteiger partial charge in [0.15, 0.2) is 0 Å². The second kappa shape index (κ2) is 5.99. The molecule has 2 N–H and O–H groups in total. The maximum Gasteiger partial charge on any atom is 0.0182 e. The van der Waals surface area contributed by atoms with Crippen molar-refractivity contribution in [2.75, 3.05) is 40.3 Å². The first-order chi connectivity index (χ1) is 7.48. The van der Waals surface area contributed by atoms with Gasteiger partial charge in [0.25, 0.3) is 0 Å². The molecule has 0 saturated carbocycles. The Morgan fingerprint density at radius 2 is 2.06 bits per heavy atom. The number of nitrogens with two attached hydrogens (primary N) is 1. The molecule has 0 bridgehead atoms.